The average molecular weight is 129 g/mol. The lowest BCUT2D eigenvalue weighted by Crippen LogP contribution is -2.19. The Labute approximate surface area is 53.2 Å². The van der Waals surface area contributed by atoms with Gasteiger partial charge in [-0.25, -0.2) is 0 Å². The Kier molecular flexibility index (Phi) is 2.27. The van der Waals surface area contributed by atoms with Crippen LogP contribution in [0.3, 0.4) is 0 Å². The molecule has 0 bridgehead atoms. The zero-order valence-electron chi connectivity index (χ0n) is 3.88. The van der Waals surface area contributed by atoms with Crippen molar-refractivity contribution in [2.45, 2.75) is 0 Å². The molecule has 0 spiro atoms. The molecule has 0 aliphatic carbocycles. The molecule has 0 saturated heterocycles. The Morgan fingerprint density at radius 2 is 1.50 bits per heavy atom. The molecule has 1 N–H and O–H groups in total. The van der Waals surface area contributed by atoms with Crippen LogP contribution < -0.4 is 5.32 Å². The molecular weight excluding hydrogens is 126 g/mol. The van der Waals surface area contributed by atoms with E-state index >= 15 is 0 Å². The Balaban J connectivity index is 0.000000490. The van der Waals surface area contributed by atoms with Gasteiger partial charge < -0.3 is 0 Å². The second kappa shape index (κ2) is 2.52. The maximum atomic E-state index is 10.0. The summed E-state index contributed by atoms with van der Waals surface area (Å²) in [4.78, 5) is 20.1. The van der Waals surface area contributed by atoms with Crippen molar-refractivity contribution in [1.82, 2.24) is 5.32 Å². The highest BCUT2D eigenvalue weighted by Crippen LogP contribution is 1.82. The van der Waals surface area contributed by atoms with Gasteiger partial charge in [0.15, 0.2) is 0 Å². The van der Waals surface area contributed by atoms with Crippen molar-refractivity contribution in [2.75, 3.05) is 0 Å². The predicted molar refractivity (Wildman–Crippen MR) is 29.9 cm³/mol. The SMILES string of the molecule is O=C1C=CC(=O)N1.[S]. The Morgan fingerprint density at radius 1 is 1.12 bits per heavy atom. The van der Waals surface area contributed by atoms with Crippen molar-refractivity contribution >= 4 is 25.3 Å². The van der Waals surface area contributed by atoms with Gasteiger partial charge in [0, 0.05) is 25.6 Å². The van der Waals surface area contributed by atoms with E-state index in [0.29, 0.717) is 0 Å². The molecule has 2 radical (unpaired) electrons. The predicted octanol–water partition coefficient (Wildman–Crippen LogP) is -0.153. The van der Waals surface area contributed by atoms with Crippen molar-refractivity contribution in [1.29, 1.82) is 0 Å². The summed E-state index contributed by atoms with van der Waals surface area (Å²) in [6.45, 7) is 0. The van der Waals surface area contributed by atoms with Crippen LogP contribution >= 0.6 is 13.5 Å². The van der Waals surface area contributed by atoms with E-state index in [2.05, 4.69) is 0 Å². The summed E-state index contributed by atoms with van der Waals surface area (Å²) in [5, 5.41) is 2.03. The van der Waals surface area contributed by atoms with E-state index in [1.807, 2.05) is 5.32 Å². The van der Waals surface area contributed by atoms with E-state index < -0.39 is 0 Å². The van der Waals surface area contributed by atoms with Crippen LogP contribution in [0, 0.1) is 0 Å². The summed E-state index contributed by atoms with van der Waals surface area (Å²) in [6, 6.07) is 0. The normalized spacial score (nSPS) is 15.5. The van der Waals surface area contributed by atoms with Crippen LogP contribution in [-0.2, 0) is 9.59 Å². The third-order valence-electron chi connectivity index (χ3n) is 0.632. The number of rotatable bonds is 0. The molecule has 2 amide bonds. The lowest BCUT2D eigenvalue weighted by molar-refractivity contribution is -0.123. The summed E-state index contributed by atoms with van der Waals surface area (Å²) in [5.74, 6) is -0.657. The van der Waals surface area contributed by atoms with Gasteiger partial charge in [-0.3, -0.25) is 14.9 Å². The number of imide groups is 1. The lowest BCUT2D eigenvalue weighted by atomic mass is 10.6. The molecule has 0 aromatic heterocycles. The molecular formula is C4H3NO2S. The van der Waals surface area contributed by atoms with Crippen molar-refractivity contribution in [2.24, 2.45) is 0 Å². The van der Waals surface area contributed by atoms with Gasteiger partial charge in [0.25, 0.3) is 11.8 Å². The Bertz CT molecular complexity index is 136. The standard InChI is InChI=1S/C4H3NO2.S/c6-3-1-2-4(7)5-3;/h1-2H,(H,5,6,7);. The summed E-state index contributed by atoms with van der Waals surface area (Å²) in [6.07, 6.45) is 2.39. The fourth-order valence-corrected chi connectivity index (χ4v) is 0.356. The smallest absolute Gasteiger partial charge is 0.250 e. The average Bonchev–Trinajstić information content (AvgIpc) is 1.87. The first kappa shape index (κ1) is 7.23. The van der Waals surface area contributed by atoms with Gasteiger partial charge in [-0.05, 0) is 0 Å². The van der Waals surface area contributed by atoms with E-state index in [9.17, 15) is 9.59 Å². The molecule has 1 heterocycles. The molecule has 42 valence electrons. The number of hydrogen-bond acceptors (Lipinski definition) is 2. The minimum atomic E-state index is -0.329. The van der Waals surface area contributed by atoms with Crippen molar-refractivity contribution < 1.29 is 9.59 Å². The minimum Gasteiger partial charge on any atom is -0.289 e. The second-order valence-corrected chi connectivity index (χ2v) is 1.19. The summed E-state index contributed by atoms with van der Waals surface area (Å²) in [7, 11) is 0. The van der Waals surface area contributed by atoms with Crippen LogP contribution in [0.2, 0.25) is 0 Å². The highest BCUT2D eigenvalue weighted by molar-refractivity contribution is 7.59. The first-order valence-corrected chi connectivity index (χ1v) is 1.82. The molecule has 0 aromatic carbocycles. The molecule has 0 unspecified atom stereocenters. The third-order valence-corrected chi connectivity index (χ3v) is 0.632. The van der Waals surface area contributed by atoms with E-state index in [-0.39, 0.29) is 25.3 Å². The first-order valence-electron chi connectivity index (χ1n) is 1.82. The van der Waals surface area contributed by atoms with Gasteiger partial charge >= 0.3 is 0 Å². The molecule has 0 saturated carbocycles. The molecule has 0 atom stereocenters. The maximum Gasteiger partial charge on any atom is 0.250 e. The van der Waals surface area contributed by atoms with Gasteiger partial charge in [-0.2, -0.15) is 0 Å². The number of carbonyl (C=O) groups excluding carboxylic acids is 2. The summed E-state index contributed by atoms with van der Waals surface area (Å²) in [5.41, 5.74) is 0. The number of carbonyl (C=O) groups is 2. The Morgan fingerprint density at radius 3 is 1.62 bits per heavy atom. The minimum absolute atomic E-state index is 0. The monoisotopic (exact) mass is 129 g/mol. The summed E-state index contributed by atoms with van der Waals surface area (Å²) >= 11 is 0. The van der Waals surface area contributed by atoms with Crippen LogP contribution in [0.5, 0.6) is 0 Å². The van der Waals surface area contributed by atoms with E-state index in [1.54, 1.807) is 0 Å². The third kappa shape index (κ3) is 1.38. The highest BCUT2D eigenvalue weighted by Gasteiger charge is 2.06. The van der Waals surface area contributed by atoms with Gasteiger partial charge in [-0.1, -0.05) is 0 Å². The molecule has 3 nitrogen and oxygen atoms in total. The van der Waals surface area contributed by atoms with E-state index in [4.69, 9.17) is 0 Å². The van der Waals surface area contributed by atoms with Gasteiger partial charge in [0.2, 0.25) is 0 Å². The van der Waals surface area contributed by atoms with E-state index in [1.165, 1.54) is 12.2 Å². The van der Waals surface area contributed by atoms with Gasteiger partial charge in [-0.15, -0.1) is 0 Å². The highest BCUT2D eigenvalue weighted by atomic mass is 32.1. The van der Waals surface area contributed by atoms with Crippen LogP contribution in [-0.4, -0.2) is 11.8 Å². The second-order valence-electron chi connectivity index (χ2n) is 1.19. The molecule has 0 aromatic rings. The summed E-state index contributed by atoms with van der Waals surface area (Å²) < 4.78 is 0. The number of nitrogens with one attached hydrogen (secondary N) is 1. The Hall–Kier alpha value is -0.770. The van der Waals surface area contributed by atoms with Gasteiger partial charge in [0.1, 0.15) is 0 Å². The van der Waals surface area contributed by atoms with Gasteiger partial charge in [0.05, 0.1) is 0 Å². The topological polar surface area (TPSA) is 46.2 Å². The van der Waals surface area contributed by atoms with Crippen molar-refractivity contribution in [3.8, 4) is 0 Å². The molecule has 1 aliphatic heterocycles. The zero-order chi connectivity index (χ0) is 5.28. The largest absolute Gasteiger partial charge is 0.289 e. The lowest BCUT2D eigenvalue weighted by Gasteiger charge is -1.80. The van der Waals surface area contributed by atoms with Crippen LogP contribution in [0.25, 0.3) is 0 Å². The van der Waals surface area contributed by atoms with Crippen LogP contribution in [0.4, 0.5) is 0 Å². The molecule has 1 aliphatic rings. The molecule has 1 rings (SSSR count). The van der Waals surface area contributed by atoms with Crippen molar-refractivity contribution in [3.63, 3.8) is 0 Å². The quantitative estimate of drug-likeness (QED) is 0.462. The maximum absolute atomic E-state index is 10.0. The molecule has 4 heteroatoms. The molecule has 8 heavy (non-hydrogen) atoms. The molecule has 0 fully saturated rings. The van der Waals surface area contributed by atoms with Crippen LogP contribution in [0.1, 0.15) is 0 Å². The fourth-order valence-electron chi connectivity index (χ4n) is 0.356. The van der Waals surface area contributed by atoms with E-state index in [0.717, 1.165) is 0 Å². The fraction of sp³-hybridized carbons (Fsp3) is 0. The van der Waals surface area contributed by atoms with Crippen LogP contribution in [0.15, 0.2) is 12.2 Å². The first-order chi connectivity index (χ1) is 3.29. The van der Waals surface area contributed by atoms with Crippen molar-refractivity contribution in [3.05, 3.63) is 12.2 Å². The number of hydrogen-bond donors (Lipinski definition) is 1. The zero-order valence-corrected chi connectivity index (χ0v) is 4.70. The number of amides is 2.